The second-order valence-electron chi connectivity index (χ2n) is 8.55. The SMILES string of the molecule is CC(=Nc1c(C)ncnc1Nc1ccc(F)cc1OC(C)C)C(=O)N1CC2(CNC2)C1. The number of carbonyl (C=O) groups excluding carboxylic acids is 1. The van der Waals surface area contributed by atoms with Crippen LogP contribution in [-0.2, 0) is 4.79 Å². The largest absolute Gasteiger partial charge is 0.489 e. The van der Waals surface area contributed by atoms with E-state index in [0.717, 1.165) is 26.2 Å². The van der Waals surface area contributed by atoms with Gasteiger partial charge < -0.3 is 20.3 Å². The highest BCUT2D eigenvalue weighted by Gasteiger charge is 2.49. The van der Waals surface area contributed by atoms with Crippen molar-refractivity contribution in [2.24, 2.45) is 10.4 Å². The van der Waals surface area contributed by atoms with E-state index in [0.29, 0.717) is 34.3 Å². The molecule has 2 fully saturated rings. The van der Waals surface area contributed by atoms with Gasteiger partial charge in [-0.1, -0.05) is 0 Å². The Morgan fingerprint density at radius 3 is 2.71 bits per heavy atom. The summed E-state index contributed by atoms with van der Waals surface area (Å²) in [6.07, 6.45) is 1.29. The molecular weight excluding hydrogens is 399 g/mol. The van der Waals surface area contributed by atoms with Crippen molar-refractivity contribution in [2.75, 3.05) is 31.5 Å². The van der Waals surface area contributed by atoms with Gasteiger partial charge in [0.2, 0.25) is 0 Å². The second kappa shape index (κ2) is 8.22. The monoisotopic (exact) mass is 426 g/mol. The minimum atomic E-state index is -0.395. The molecule has 1 spiro atoms. The van der Waals surface area contributed by atoms with Crippen molar-refractivity contribution in [3.63, 3.8) is 0 Å². The molecule has 9 heteroatoms. The number of aliphatic imine (C=N–C) groups is 1. The first-order valence-electron chi connectivity index (χ1n) is 10.4. The zero-order chi connectivity index (χ0) is 22.2. The molecule has 0 radical (unpaired) electrons. The Labute approximate surface area is 180 Å². The van der Waals surface area contributed by atoms with Gasteiger partial charge in [-0.3, -0.25) is 4.79 Å². The van der Waals surface area contributed by atoms with Crippen LogP contribution in [0.1, 0.15) is 26.5 Å². The number of aryl methyl sites for hydroxylation is 1. The standard InChI is InChI=1S/C22H27FN6O2/c1-13(2)31-18-7-16(23)5-6-17(18)28-20-19(14(3)25-12-26-20)27-15(4)21(30)29-10-22(11-29)8-24-9-22/h5-7,12-13,24H,8-11H2,1-4H3,(H,25,26,28). The van der Waals surface area contributed by atoms with Crippen LogP contribution in [0.25, 0.3) is 0 Å². The lowest BCUT2D eigenvalue weighted by Gasteiger charge is -2.55. The molecule has 1 aromatic heterocycles. The molecule has 8 nitrogen and oxygen atoms in total. The van der Waals surface area contributed by atoms with E-state index < -0.39 is 5.82 Å². The fourth-order valence-electron chi connectivity index (χ4n) is 3.82. The first-order chi connectivity index (χ1) is 14.8. The summed E-state index contributed by atoms with van der Waals surface area (Å²) in [6, 6.07) is 4.25. The summed E-state index contributed by atoms with van der Waals surface area (Å²) < 4.78 is 19.5. The first kappa shape index (κ1) is 21.2. The average Bonchev–Trinajstić information content (AvgIpc) is 2.63. The fourth-order valence-corrected chi connectivity index (χ4v) is 3.82. The highest BCUT2D eigenvalue weighted by molar-refractivity contribution is 6.38. The van der Waals surface area contributed by atoms with Gasteiger partial charge in [0.05, 0.1) is 17.5 Å². The highest BCUT2D eigenvalue weighted by Crippen LogP contribution is 2.36. The third kappa shape index (κ3) is 4.36. The molecule has 0 aliphatic carbocycles. The average molecular weight is 426 g/mol. The summed E-state index contributed by atoms with van der Waals surface area (Å²) in [6.45, 7) is 10.7. The van der Waals surface area contributed by atoms with Crippen molar-refractivity contribution in [1.29, 1.82) is 0 Å². The van der Waals surface area contributed by atoms with Gasteiger partial charge in [-0.15, -0.1) is 0 Å². The molecule has 0 atom stereocenters. The highest BCUT2D eigenvalue weighted by atomic mass is 19.1. The maximum Gasteiger partial charge on any atom is 0.268 e. The van der Waals surface area contributed by atoms with E-state index in [1.54, 1.807) is 19.9 Å². The molecule has 4 rings (SSSR count). The van der Waals surface area contributed by atoms with Crippen molar-refractivity contribution < 1.29 is 13.9 Å². The Kier molecular flexibility index (Phi) is 5.62. The number of nitrogens with one attached hydrogen (secondary N) is 2. The molecular formula is C22H27FN6O2. The Bertz CT molecular complexity index is 1030. The van der Waals surface area contributed by atoms with Gasteiger partial charge in [-0.05, 0) is 39.8 Å². The minimum absolute atomic E-state index is 0.0858. The molecule has 31 heavy (non-hydrogen) atoms. The number of ether oxygens (including phenoxy) is 1. The lowest BCUT2D eigenvalue weighted by atomic mass is 9.74. The summed E-state index contributed by atoms with van der Waals surface area (Å²) >= 11 is 0. The predicted octanol–water partition coefficient (Wildman–Crippen LogP) is 2.98. The lowest BCUT2D eigenvalue weighted by Crippen LogP contribution is -2.72. The molecule has 1 aromatic carbocycles. The normalized spacial score (nSPS) is 17.4. The number of nitrogens with zero attached hydrogens (tertiary/aromatic N) is 4. The smallest absolute Gasteiger partial charge is 0.268 e. The number of carbonyl (C=O) groups is 1. The van der Waals surface area contributed by atoms with Crippen molar-refractivity contribution in [1.82, 2.24) is 20.2 Å². The van der Waals surface area contributed by atoms with E-state index >= 15 is 0 Å². The number of likely N-dealkylation sites (tertiary alicyclic amines) is 1. The van der Waals surface area contributed by atoms with Gasteiger partial charge in [0.25, 0.3) is 5.91 Å². The predicted molar refractivity (Wildman–Crippen MR) is 117 cm³/mol. The van der Waals surface area contributed by atoms with Gasteiger partial charge in [0, 0.05) is 37.7 Å². The number of rotatable bonds is 6. The van der Waals surface area contributed by atoms with E-state index in [1.165, 1.54) is 18.5 Å². The molecule has 1 amide bonds. The Morgan fingerprint density at radius 2 is 2.06 bits per heavy atom. The molecule has 2 aliphatic heterocycles. The molecule has 0 bridgehead atoms. The third-order valence-corrected chi connectivity index (χ3v) is 5.49. The number of amides is 1. The number of anilines is 2. The van der Waals surface area contributed by atoms with Crippen molar-refractivity contribution in [3.8, 4) is 5.75 Å². The Hall–Kier alpha value is -3.07. The maximum absolute atomic E-state index is 13.7. The zero-order valence-electron chi connectivity index (χ0n) is 18.2. The van der Waals surface area contributed by atoms with Crippen LogP contribution in [-0.4, -0.2) is 58.8 Å². The molecule has 2 aromatic rings. The summed E-state index contributed by atoms with van der Waals surface area (Å²) in [5.74, 6) is 0.309. The van der Waals surface area contributed by atoms with Gasteiger partial charge in [0.15, 0.2) is 5.82 Å². The maximum atomic E-state index is 13.7. The van der Waals surface area contributed by atoms with Crippen LogP contribution in [0.2, 0.25) is 0 Å². The van der Waals surface area contributed by atoms with Gasteiger partial charge in [0.1, 0.15) is 29.3 Å². The number of hydrogen-bond acceptors (Lipinski definition) is 7. The van der Waals surface area contributed by atoms with Crippen LogP contribution in [0, 0.1) is 18.2 Å². The van der Waals surface area contributed by atoms with Crippen LogP contribution < -0.4 is 15.4 Å². The number of halogens is 1. The van der Waals surface area contributed by atoms with E-state index in [1.807, 2.05) is 18.7 Å². The van der Waals surface area contributed by atoms with Crippen LogP contribution in [0.3, 0.4) is 0 Å². The summed E-state index contributed by atoms with van der Waals surface area (Å²) in [5, 5.41) is 6.43. The van der Waals surface area contributed by atoms with E-state index in [-0.39, 0.29) is 17.4 Å². The molecule has 164 valence electrons. The first-order valence-corrected chi connectivity index (χ1v) is 10.4. The van der Waals surface area contributed by atoms with Crippen LogP contribution in [0.4, 0.5) is 21.6 Å². The van der Waals surface area contributed by atoms with Gasteiger partial charge in [-0.2, -0.15) is 0 Å². The van der Waals surface area contributed by atoms with E-state index in [4.69, 9.17) is 4.74 Å². The number of hydrogen-bond donors (Lipinski definition) is 2. The fraction of sp³-hybridized carbons (Fsp3) is 0.455. The number of benzene rings is 1. The van der Waals surface area contributed by atoms with E-state index in [2.05, 4.69) is 25.6 Å². The molecule has 0 saturated carbocycles. The van der Waals surface area contributed by atoms with Crippen LogP contribution in [0.5, 0.6) is 5.75 Å². The third-order valence-electron chi connectivity index (χ3n) is 5.49. The molecule has 0 unspecified atom stereocenters. The summed E-state index contributed by atoms with van der Waals surface area (Å²) in [4.78, 5) is 27.7. The Balaban J connectivity index is 1.58. The summed E-state index contributed by atoms with van der Waals surface area (Å²) in [5.41, 5.74) is 2.27. The lowest BCUT2D eigenvalue weighted by molar-refractivity contribution is -0.139. The molecule has 2 saturated heterocycles. The second-order valence-corrected chi connectivity index (χ2v) is 8.55. The topological polar surface area (TPSA) is 91.7 Å². The molecule has 2 N–H and O–H groups in total. The van der Waals surface area contributed by atoms with E-state index in [9.17, 15) is 9.18 Å². The quantitative estimate of drug-likeness (QED) is 0.690. The van der Waals surface area contributed by atoms with Crippen LogP contribution >= 0.6 is 0 Å². The Morgan fingerprint density at radius 1 is 1.32 bits per heavy atom. The number of aromatic nitrogens is 2. The van der Waals surface area contributed by atoms with Crippen molar-refractivity contribution in [2.45, 2.75) is 33.8 Å². The molecule has 2 aliphatic rings. The minimum Gasteiger partial charge on any atom is -0.489 e. The summed E-state index contributed by atoms with van der Waals surface area (Å²) in [7, 11) is 0. The zero-order valence-corrected chi connectivity index (χ0v) is 18.2. The molecule has 3 heterocycles. The van der Waals surface area contributed by atoms with Gasteiger partial charge in [-0.25, -0.2) is 19.4 Å². The van der Waals surface area contributed by atoms with Crippen LogP contribution in [0.15, 0.2) is 29.5 Å². The van der Waals surface area contributed by atoms with Crippen molar-refractivity contribution in [3.05, 3.63) is 36.0 Å². The van der Waals surface area contributed by atoms with Gasteiger partial charge >= 0.3 is 0 Å². The van der Waals surface area contributed by atoms with Crippen molar-refractivity contribution >= 4 is 28.8 Å².